The van der Waals surface area contributed by atoms with Gasteiger partial charge in [0.1, 0.15) is 0 Å². The first-order valence-electron chi connectivity index (χ1n) is 4.53. The average Bonchev–Trinajstić information content (AvgIpc) is 2.60. The Morgan fingerprint density at radius 1 is 1.42 bits per heavy atom. The van der Waals surface area contributed by atoms with Gasteiger partial charge in [-0.3, -0.25) is 5.43 Å². The second-order valence-corrected chi connectivity index (χ2v) is 4.48. The van der Waals surface area contributed by atoms with E-state index in [0.717, 1.165) is 5.92 Å². The van der Waals surface area contributed by atoms with Crippen molar-refractivity contribution in [3.05, 3.63) is 0 Å². The second kappa shape index (κ2) is 2.85. The largest absolute Gasteiger partial charge is 0.375 e. The monoisotopic (exact) mass is 185 g/mol. The summed E-state index contributed by atoms with van der Waals surface area (Å²) < 4.78 is 0. The Morgan fingerprint density at radius 3 is 2.50 bits per heavy atom. The molecule has 2 rings (SSSR count). The zero-order valence-electron chi connectivity index (χ0n) is 7.10. The number of nitrogens with one attached hydrogen (secondary N) is 2. The molecule has 2 aliphatic carbocycles. The lowest BCUT2D eigenvalue weighted by molar-refractivity contribution is 0.312. The molecule has 0 heterocycles. The standard InChI is InChI=1S/C8H15N3S/c9-7(12)10-11-8-3-1-6(5-8)2-4-8/h6,11H,1-5H2,(H3,9,10,12). The van der Waals surface area contributed by atoms with Crippen molar-refractivity contribution in [1.29, 1.82) is 0 Å². The van der Waals surface area contributed by atoms with Gasteiger partial charge in [0.2, 0.25) is 0 Å². The van der Waals surface area contributed by atoms with Gasteiger partial charge in [-0.25, -0.2) is 5.43 Å². The van der Waals surface area contributed by atoms with E-state index < -0.39 is 0 Å². The third-order valence-corrected chi connectivity index (χ3v) is 3.29. The maximum absolute atomic E-state index is 5.36. The molecule has 4 heteroatoms. The predicted octanol–water partition coefficient (Wildman–Crippen LogP) is 0.657. The van der Waals surface area contributed by atoms with Crippen LogP contribution in [0.3, 0.4) is 0 Å². The molecule has 0 radical (unpaired) electrons. The van der Waals surface area contributed by atoms with Crippen LogP contribution >= 0.6 is 12.2 Å². The van der Waals surface area contributed by atoms with Crippen molar-refractivity contribution in [3.8, 4) is 0 Å². The molecule has 0 spiro atoms. The van der Waals surface area contributed by atoms with Gasteiger partial charge in [0, 0.05) is 5.54 Å². The van der Waals surface area contributed by atoms with Crippen molar-refractivity contribution in [2.24, 2.45) is 11.7 Å². The summed E-state index contributed by atoms with van der Waals surface area (Å²) in [4.78, 5) is 0. The number of rotatable bonds is 2. The lowest BCUT2D eigenvalue weighted by Crippen LogP contribution is -2.53. The molecule has 2 fully saturated rings. The maximum atomic E-state index is 5.36. The molecule has 0 amide bonds. The molecule has 0 aromatic carbocycles. The Hall–Kier alpha value is -0.350. The van der Waals surface area contributed by atoms with Crippen molar-refractivity contribution in [1.82, 2.24) is 10.9 Å². The molecule has 12 heavy (non-hydrogen) atoms. The first-order valence-corrected chi connectivity index (χ1v) is 4.94. The summed E-state index contributed by atoms with van der Waals surface area (Å²) in [5, 5.41) is 0.347. The molecule has 2 saturated carbocycles. The molecule has 3 nitrogen and oxygen atoms in total. The number of hydrogen-bond acceptors (Lipinski definition) is 2. The molecule has 4 N–H and O–H groups in total. The molecule has 2 aliphatic rings. The highest BCUT2D eigenvalue weighted by Gasteiger charge is 2.44. The van der Waals surface area contributed by atoms with Crippen molar-refractivity contribution < 1.29 is 0 Å². The number of hydrazine groups is 1. The fourth-order valence-electron chi connectivity index (χ4n) is 2.56. The summed E-state index contributed by atoms with van der Waals surface area (Å²) in [5.74, 6) is 0.950. The fraction of sp³-hybridized carbons (Fsp3) is 0.875. The number of nitrogens with two attached hydrogens (primary N) is 1. The highest BCUT2D eigenvalue weighted by Crippen LogP contribution is 2.47. The van der Waals surface area contributed by atoms with E-state index in [9.17, 15) is 0 Å². The van der Waals surface area contributed by atoms with Gasteiger partial charge in [-0.1, -0.05) is 0 Å². The lowest BCUT2D eigenvalue weighted by Gasteiger charge is -2.28. The summed E-state index contributed by atoms with van der Waals surface area (Å²) in [6.45, 7) is 0. The predicted molar refractivity (Wildman–Crippen MR) is 52.4 cm³/mol. The molecule has 0 aromatic rings. The van der Waals surface area contributed by atoms with Crippen LogP contribution in [-0.2, 0) is 0 Å². The summed E-state index contributed by atoms with van der Waals surface area (Å²) in [6, 6.07) is 0. The van der Waals surface area contributed by atoms with Crippen LogP contribution in [0, 0.1) is 5.92 Å². The van der Waals surface area contributed by atoms with E-state index in [-0.39, 0.29) is 0 Å². The first-order chi connectivity index (χ1) is 5.70. The van der Waals surface area contributed by atoms with Crippen LogP contribution < -0.4 is 16.6 Å². The summed E-state index contributed by atoms with van der Waals surface area (Å²) in [7, 11) is 0. The Balaban J connectivity index is 1.90. The van der Waals surface area contributed by atoms with Crippen LogP contribution in [0.5, 0.6) is 0 Å². The number of thiocarbonyl (C=S) groups is 1. The zero-order chi connectivity index (χ0) is 8.60. The van der Waals surface area contributed by atoms with Crippen LogP contribution in [-0.4, -0.2) is 10.7 Å². The Bertz CT molecular complexity index is 196. The van der Waals surface area contributed by atoms with Gasteiger partial charge in [-0.05, 0) is 50.2 Å². The minimum atomic E-state index is 0.314. The van der Waals surface area contributed by atoms with Crippen LogP contribution in [0.2, 0.25) is 0 Å². The number of fused-ring (bicyclic) bond motifs is 2. The molecule has 68 valence electrons. The van der Waals surface area contributed by atoms with Crippen LogP contribution in [0.4, 0.5) is 0 Å². The Morgan fingerprint density at radius 2 is 2.08 bits per heavy atom. The SMILES string of the molecule is NC(=S)NNC12CCC(CC1)C2. The molecular weight excluding hydrogens is 170 g/mol. The van der Waals surface area contributed by atoms with Crippen molar-refractivity contribution >= 4 is 17.3 Å². The van der Waals surface area contributed by atoms with Gasteiger partial charge in [0.05, 0.1) is 0 Å². The van der Waals surface area contributed by atoms with E-state index in [1.807, 2.05) is 0 Å². The normalized spacial score (nSPS) is 38.5. The van der Waals surface area contributed by atoms with Crippen molar-refractivity contribution in [3.63, 3.8) is 0 Å². The summed E-state index contributed by atoms with van der Waals surface area (Å²) in [5.41, 5.74) is 11.8. The van der Waals surface area contributed by atoms with Gasteiger partial charge in [-0.15, -0.1) is 0 Å². The smallest absolute Gasteiger partial charge is 0.178 e. The highest BCUT2D eigenvalue weighted by atomic mass is 32.1. The van der Waals surface area contributed by atoms with Crippen LogP contribution in [0.1, 0.15) is 32.1 Å². The van der Waals surface area contributed by atoms with Gasteiger partial charge in [-0.2, -0.15) is 0 Å². The third-order valence-electron chi connectivity index (χ3n) is 3.19. The second-order valence-electron chi connectivity index (χ2n) is 4.04. The van der Waals surface area contributed by atoms with E-state index in [1.54, 1.807) is 0 Å². The zero-order valence-corrected chi connectivity index (χ0v) is 7.91. The first kappa shape index (κ1) is 8.26. The molecule has 0 saturated heterocycles. The minimum absolute atomic E-state index is 0.314. The van der Waals surface area contributed by atoms with Gasteiger partial charge in [0.15, 0.2) is 5.11 Å². The average molecular weight is 185 g/mol. The van der Waals surface area contributed by atoms with Crippen LogP contribution in [0.25, 0.3) is 0 Å². The molecular formula is C8H15N3S. The van der Waals surface area contributed by atoms with Gasteiger partial charge >= 0.3 is 0 Å². The highest BCUT2D eigenvalue weighted by molar-refractivity contribution is 7.80. The molecule has 0 aromatic heterocycles. The van der Waals surface area contributed by atoms with Crippen molar-refractivity contribution in [2.45, 2.75) is 37.6 Å². The minimum Gasteiger partial charge on any atom is -0.375 e. The fourth-order valence-corrected chi connectivity index (χ4v) is 2.61. The van der Waals surface area contributed by atoms with E-state index in [0.29, 0.717) is 10.7 Å². The molecule has 0 atom stereocenters. The van der Waals surface area contributed by atoms with E-state index >= 15 is 0 Å². The Kier molecular flexibility index (Phi) is 1.96. The van der Waals surface area contributed by atoms with Crippen molar-refractivity contribution in [2.75, 3.05) is 0 Å². The van der Waals surface area contributed by atoms with E-state index in [2.05, 4.69) is 10.9 Å². The van der Waals surface area contributed by atoms with Crippen LogP contribution in [0.15, 0.2) is 0 Å². The molecule has 0 aliphatic heterocycles. The Labute approximate surface area is 78.1 Å². The quantitative estimate of drug-likeness (QED) is 0.437. The maximum Gasteiger partial charge on any atom is 0.178 e. The summed E-state index contributed by atoms with van der Waals surface area (Å²) in [6.07, 6.45) is 6.57. The van der Waals surface area contributed by atoms with E-state index in [4.69, 9.17) is 18.0 Å². The van der Waals surface area contributed by atoms with Gasteiger partial charge < -0.3 is 5.73 Å². The topological polar surface area (TPSA) is 50.1 Å². The summed E-state index contributed by atoms with van der Waals surface area (Å²) >= 11 is 4.75. The van der Waals surface area contributed by atoms with E-state index in [1.165, 1.54) is 32.1 Å². The lowest BCUT2D eigenvalue weighted by atomic mass is 9.95. The molecule has 0 unspecified atom stereocenters. The third kappa shape index (κ3) is 1.41. The molecule has 2 bridgehead atoms. The number of hydrogen-bond donors (Lipinski definition) is 3. The van der Waals surface area contributed by atoms with Gasteiger partial charge in [0.25, 0.3) is 0 Å².